The molecule has 2 aromatic rings. The Labute approximate surface area is 160 Å². The van der Waals surface area contributed by atoms with Crippen LogP contribution in [0.2, 0.25) is 0 Å². The van der Waals surface area contributed by atoms with Crippen LogP contribution in [0.5, 0.6) is 5.75 Å². The Kier molecular flexibility index (Phi) is 4.88. The van der Waals surface area contributed by atoms with Crippen LogP contribution in [0.4, 0.5) is 5.69 Å². The molecule has 0 saturated carbocycles. The first kappa shape index (κ1) is 18.0. The van der Waals surface area contributed by atoms with Crippen molar-refractivity contribution in [2.75, 3.05) is 4.67 Å². The molecule has 2 fully saturated rings. The third kappa shape index (κ3) is 3.00. The molecule has 2 aliphatic heterocycles. The number of fused-ring (bicyclic) bond motifs is 1. The Morgan fingerprint density at radius 1 is 1.00 bits per heavy atom. The summed E-state index contributed by atoms with van der Waals surface area (Å²) in [5, 5.41) is 0. The number of benzene rings is 2. The third-order valence-electron chi connectivity index (χ3n) is 5.14. The Morgan fingerprint density at radius 2 is 1.67 bits per heavy atom. The highest BCUT2D eigenvalue weighted by molar-refractivity contribution is 7.55. The van der Waals surface area contributed by atoms with Crippen LogP contribution in [0.3, 0.4) is 0 Å². The molecule has 0 aliphatic carbocycles. The van der Waals surface area contributed by atoms with E-state index in [-0.39, 0.29) is 11.8 Å². The van der Waals surface area contributed by atoms with E-state index >= 15 is 0 Å². The molecule has 2 heterocycles. The maximum atomic E-state index is 13.3. The van der Waals surface area contributed by atoms with Crippen molar-refractivity contribution < 1.29 is 14.1 Å². The Bertz CT molecular complexity index is 849. The van der Waals surface area contributed by atoms with E-state index in [0.717, 1.165) is 29.7 Å². The first-order valence-corrected chi connectivity index (χ1v) is 10.6. The Balaban J connectivity index is 1.82. The van der Waals surface area contributed by atoms with Crippen molar-refractivity contribution in [3.63, 3.8) is 0 Å². The summed E-state index contributed by atoms with van der Waals surface area (Å²) in [6.07, 6.45) is 2.62. The zero-order valence-corrected chi connectivity index (χ0v) is 16.5. The van der Waals surface area contributed by atoms with Crippen molar-refractivity contribution in [1.29, 1.82) is 0 Å². The molecule has 4 rings (SSSR count). The van der Waals surface area contributed by atoms with Gasteiger partial charge >= 0.3 is 8.45 Å². The quantitative estimate of drug-likeness (QED) is 0.718. The first-order chi connectivity index (χ1) is 13.2. The molecule has 2 atom stereocenters. The normalized spacial score (nSPS) is 21.7. The summed E-state index contributed by atoms with van der Waals surface area (Å²) >= 11 is 0. The van der Waals surface area contributed by atoms with Gasteiger partial charge in [-0.1, -0.05) is 50.2 Å². The van der Waals surface area contributed by atoms with Crippen LogP contribution in [0, 0.1) is 0 Å². The molecule has 0 radical (unpaired) electrons. The van der Waals surface area contributed by atoms with E-state index in [1.807, 2.05) is 36.4 Å². The van der Waals surface area contributed by atoms with E-state index < -0.39 is 14.5 Å². The molecule has 0 aromatic heterocycles. The highest BCUT2D eigenvalue weighted by Gasteiger charge is 2.55. The summed E-state index contributed by atoms with van der Waals surface area (Å²) in [7, 11) is -1.56. The van der Waals surface area contributed by atoms with Gasteiger partial charge in [0.25, 0.3) is 5.91 Å². The molecule has 2 aromatic carbocycles. The second kappa shape index (κ2) is 7.32. The van der Waals surface area contributed by atoms with Gasteiger partial charge in [-0.25, -0.2) is 4.67 Å². The van der Waals surface area contributed by atoms with E-state index in [2.05, 4.69) is 26.0 Å². The summed E-state index contributed by atoms with van der Waals surface area (Å²) in [5.74, 6) is 0.664. The van der Waals surface area contributed by atoms with Gasteiger partial charge in [0.2, 0.25) is 5.91 Å². The van der Waals surface area contributed by atoms with E-state index in [9.17, 15) is 9.59 Å². The number of carbonyl (C=O) groups excluding carboxylic acids is 2. The second-order valence-electron chi connectivity index (χ2n) is 6.73. The minimum absolute atomic E-state index is 0.00456. The van der Waals surface area contributed by atoms with Gasteiger partial charge in [-0.15, -0.1) is 0 Å². The lowest BCUT2D eigenvalue weighted by atomic mass is 10.0. The number of amides is 2. The molecule has 5 nitrogen and oxygen atoms in total. The van der Waals surface area contributed by atoms with Crippen LogP contribution >= 0.6 is 8.45 Å². The van der Waals surface area contributed by atoms with Gasteiger partial charge in [-0.05, 0) is 42.5 Å². The predicted molar refractivity (Wildman–Crippen MR) is 107 cm³/mol. The van der Waals surface area contributed by atoms with Crippen molar-refractivity contribution in [2.45, 2.75) is 45.6 Å². The standard InChI is InChI=1S/C21H23N2O3P/c1-3-15-9-8-10-16(4-2)20(15)23-21(25)18-13-14-19(24)22(18)27(23)26-17-11-6-5-7-12-17/h5-12,18H,3-4,13-14H2,1-2H3/t18-,27?/m0/s1. The third-order valence-corrected chi connectivity index (χ3v) is 7.12. The molecule has 1 unspecified atom stereocenters. The smallest absolute Gasteiger partial charge is 0.320 e. The summed E-state index contributed by atoms with van der Waals surface area (Å²) in [6.45, 7) is 4.18. The molecule has 0 bridgehead atoms. The molecular formula is C21H23N2O3P. The zero-order valence-electron chi connectivity index (χ0n) is 15.6. The van der Waals surface area contributed by atoms with E-state index in [0.29, 0.717) is 18.6 Å². The summed E-state index contributed by atoms with van der Waals surface area (Å²) in [4.78, 5) is 25.9. The van der Waals surface area contributed by atoms with E-state index in [1.165, 1.54) is 0 Å². The number of hydrogen-bond acceptors (Lipinski definition) is 3. The average molecular weight is 382 g/mol. The van der Waals surface area contributed by atoms with Crippen molar-refractivity contribution in [2.24, 2.45) is 0 Å². The van der Waals surface area contributed by atoms with E-state index in [1.54, 1.807) is 9.34 Å². The number of nitrogens with zero attached hydrogens (tertiary/aromatic N) is 2. The van der Waals surface area contributed by atoms with Gasteiger partial charge in [0, 0.05) is 6.42 Å². The molecule has 0 spiro atoms. The topological polar surface area (TPSA) is 49.9 Å². The van der Waals surface area contributed by atoms with Crippen LogP contribution in [-0.2, 0) is 22.4 Å². The van der Waals surface area contributed by atoms with Crippen LogP contribution in [0.25, 0.3) is 0 Å². The monoisotopic (exact) mass is 382 g/mol. The van der Waals surface area contributed by atoms with Crippen LogP contribution in [0.1, 0.15) is 37.8 Å². The van der Waals surface area contributed by atoms with Gasteiger partial charge in [0.15, 0.2) is 0 Å². The second-order valence-corrected chi connectivity index (χ2v) is 8.25. The van der Waals surface area contributed by atoms with Crippen LogP contribution < -0.4 is 9.19 Å². The molecule has 27 heavy (non-hydrogen) atoms. The van der Waals surface area contributed by atoms with E-state index in [4.69, 9.17) is 4.52 Å². The molecule has 140 valence electrons. The SMILES string of the molecule is CCc1cccc(CC)c1N1C(=O)[C@@H]2CCC(=O)N2P1Oc1ccccc1. The number of para-hydroxylation sites is 2. The minimum atomic E-state index is -1.56. The van der Waals surface area contributed by atoms with Crippen molar-refractivity contribution >= 4 is 26.0 Å². The fraction of sp³-hybridized carbons (Fsp3) is 0.333. The first-order valence-electron chi connectivity index (χ1n) is 9.45. The lowest BCUT2D eigenvalue weighted by Gasteiger charge is -2.29. The van der Waals surface area contributed by atoms with Crippen molar-refractivity contribution in [1.82, 2.24) is 4.67 Å². The summed E-state index contributed by atoms with van der Waals surface area (Å²) in [5.41, 5.74) is 3.15. The van der Waals surface area contributed by atoms with Gasteiger partial charge in [-0.2, -0.15) is 0 Å². The van der Waals surface area contributed by atoms with Crippen LogP contribution in [-0.4, -0.2) is 22.5 Å². The fourth-order valence-corrected chi connectivity index (χ4v) is 5.92. The van der Waals surface area contributed by atoms with Crippen LogP contribution in [0.15, 0.2) is 48.5 Å². The van der Waals surface area contributed by atoms with Crippen molar-refractivity contribution in [3.05, 3.63) is 59.7 Å². The molecule has 6 heteroatoms. The lowest BCUT2D eigenvalue weighted by Crippen LogP contribution is -2.30. The number of hydrogen-bond donors (Lipinski definition) is 0. The van der Waals surface area contributed by atoms with Gasteiger partial charge in [-0.3, -0.25) is 14.3 Å². The largest absolute Gasteiger partial charge is 0.436 e. The number of rotatable bonds is 5. The van der Waals surface area contributed by atoms with Gasteiger partial charge in [0.1, 0.15) is 11.8 Å². The Hall–Kier alpha value is -2.39. The molecule has 0 N–H and O–H groups in total. The number of anilines is 1. The number of aryl methyl sites for hydroxylation is 2. The lowest BCUT2D eigenvalue weighted by molar-refractivity contribution is -0.127. The maximum absolute atomic E-state index is 13.3. The highest BCUT2D eigenvalue weighted by atomic mass is 31.2. The summed E-state index contributed by atoms with van der Waals surface area (Å²) in [6, 6.07) is 15.2. The average Bonchev–Trinajstić information content (AvgIpc) is 3.21. The molecule has 2 saturated heterocycles. The fourth-order valence-electron chi connectivity index (χ4n) is 3.78. The molecular weight excluding hydrogens is 359 g/mol. The number of carbonyl (C=O) groups is 2. The van der Waals surface area contributed by atoms with Gasteiger partial charge < -0.3 is 4.52 Å². The maximum Gasteiger partial charge on any atom is 0.320 e. The predicted octanol–water partition coefficient (Wildman–Crippen LogP) is 4.45. The molecule has 2 amide bonds. The summed E-state index contributed by atoms with van der Waals surface area (Å²) < 4.78 is 9.74. The zero-order chi connectivity index (χ0) is 19.0. The van der Waals surface area contributed by atoms with Crippen molar-refractivity contribution in [3.8, 4) is 5.75 Å². The Morgan fingerprint density at radius 3 is 2.30 bits per heavy atom. The van der Waals surface area contributed by atoms with Gasteiger partial charge in [0.05, 0.1) is 5.69 Å². The molecule has 2 aliphatic rings. The minimum Gasteiger partial charge on any atom is -0.436 e. The highest BCUT2D eigenvalue weighted by Crippen LogP contribution is 2.58.